The number of nitrogens with one attached hydrogen (secondary N) is 1. The number of hydrogen-bond acceptors (Lipinski definition) is 4. The third-order valence-electron chi connectivity index (χ3n) is 7.32. The van der Waals surface area contributed by atoms with E-state index in [1.54, 1.807) is 18.6 Å². The predicted molar refractivity (Wildman–Crippen MR) is 150 cm³/mol. The van der Waals surface area contributed by atoms with Gasteiger partial charge in [-0.25, -0.2) is 4.85 Å². The first-order valence-corrected chi connectivity index (χ1v) is 13.0. The molecule has 0 saturated carbocycles. The Hall–Kier alpha value is -4.60. The molecule has 0 amide bonds. The van der Waals surface area contributed by atoms with Gasteiger partial charge in [-0.05, 0) is 66.9 Å². The van der Waals surface area contributed by atoms with Crippen LogP contribution in [0.1, 0.15) is 30.0 Å². The van der Waals surface area contributed by atoms with E-state index in [1.807, 2.05) is 36.4 Å². The molecular weight excluding hydrogens is 468 g/mol. The molecular formula is C32H28N6. The number of nitrogens with zero attached hydrogens (tertiary/aromatic N) is 5. The molecule has 1 saturated heterocycles. The Morgan fingerprint density at radius 3 is 2.37 bits per heavy atom. The average Bonchev–Trinajstić information content (AvgIpc) is 3.49. The summed E-state index contributed by atoms with van der Waals surface area (Å²) in [6, 6.07) is 27.0. The number of benzene rings is 2. The summed E-state index contributed by atoms with van der Waals surface area (Å²) in [5.74, 6) is 0.512. The van der Waals surface area contributed by atoms with Crippen molar-refractivity contribution >= 4 is 5.69 Å². The zero-order valence-corrected chi connectivity index (χ0v) is 21.1. The Balaban J connectivity index is 1.11. The van der Waals surface area contributed by atoms with Gasteiger partial charge in [0, 0.05) is 47.9 Å². The smallest absolute Gasteiger partial charge is 0.205 e. The maximum atomic E-state index is 7.40. The van der Waals surface area contributed by atoms with Crippen LogP contribution in [0.25, 0.3) is 38.5 Å². The largest absolute Gasteiger partial charge is 0.299 e. The summed E-state index contributed by atoms with van der Waals surface area (Å²) in [6.45, 7) is 10.5. The van der Waals surface area contributed by atoms with E-state index in [0.717, 1.165) is 66.1 Å². The Labute approximate surface area is 222 Å². The molecule has 6 heteroatoms. The highest BCUT2D eigenvalue weighted by Crippen LogP contribution is 2.34. The van der Waals surface area contributed by atoms with Gasteiger partial charge >= 0.3 is 0 Å². The lowest BCUT2D eigenvalue weighted by Gasteiger charge is -2.31. The number of aromatic nitrogens is 4. The minimum Gasteiger partial charge on any atom is -0.299 e. The van der Waals surface area contributed by atoms with Gasteiger partial charge in [-0.1, -0.05) is 54.6 Å². The van der Waals surface area contributed by atoms with Crippen molar-refractivity contribution in [2.24, 2.45) is 0 Å². The Kier molecular flexibility index (Phi) is 6.75. The lowest BCUT2D eigenvalue weighted by atomic mass is 9.93. The highest BCUT2D eigenvalue weighted by atomic mass is 15.1. The van der Waals surface area contributed by atoms with Crippen LogP contribution < -0.4 is 0 Å². The first-order valence-electron chi connectivity index (χ1n) is 13.0. The van der Waals surface area contributed by atoms with Crippen molar-refractivity contribution in [3.8, 4) is 33.6 Å². The summed E-state index contributed by atoms with van der Waals surface area (Å²) >= 11 is 0. The summed E-state index contributed by atoms with van der Waals surface area (Å²) < 4.78 is 0. The van der Waals surface area contributed by atoms with Crippen LogP contribution in [0.15, 0.2) is 97.5 Å². The van der Waals surface area contributed by atoms with Gasteiger partial charge in [-0.3, -0.25) is 20.0 Å². The summed E-state index contributed by atoms with van der Waals surface area (Å²) in [5.41, 5.74) is 9.18. The van der Waals surface area contributed by atoms with Crippen LogP contribution in [0.4, 0.5) is 5.69 Å². The minimum absolute atomic E-state index is 0.512. The van der Waals surface area contributed by atoms with Crippen LogP contribution >= 0.6 is 0 Å². The molecule has 0 atom stereocenters. The molecule has 4 heterocycles. The molecule has 0 unspecified atom stereocenters. The summed E-state index contributed by atoms with van der Waals surface area (Å²) in [5, 5.41) is 7.80. The maximum absolute atomic E-state index is 7.40. The monoisotopic (exact) mass is 496 g/mol. The van der Waals surface area contributed by atoms with Crippen molar-refractivity contribution < 1.29 is 0 Å². The van der Waals surface area contributed by atoms with E-state index in [1.165, 1.54) is 11.3 Å². The molecule has 0 radical (unpaired) electrons. The fourth-order valence-corrected chi connectivity index (χ4v) is 5.23. The van der Waals surface area contributed by atoms with Crippen molar-refractivity contribution in [3.63, 3.8) is 0 Å². The van der Waals surface area contributed by atoms with Gasteiger partial charge in [0.15, 0.2) is 0 Å². The molecule has 1 aliphatic rings. The minimum atomic E-state index is 0.512. The highest BCUT2D eigenvalue weighted by molar-refractivity contribution is 5.83. The van der Waals surface area contributed by atoms with Crippen LogP contribution in [0.2, 0.25) is 0 Å². The van der Waals surface area contributed by atoms with E-state index < -0.39 is 0 Å². The van der Waals surface area contributed by atoms with E-state index in [9.17, 15) is 0 Å². The zero-order chi connectivity index (χ0) is 25.7. The highest BCUT2D eigenvalue weighted by Gasteiger charge is 2.22. The summed E-state index contributed by atoms with van der Waals surface area (Å²) in [6.07, 6.45) is 7.51. The maximum Gasteiger partial charge on any atom is 0.205 e. The molecule has 1 N–H and O–H groups in total. The van der Waals surface area contributed by atoms with Crippen LogP contribution in [0.5, 0.6) is 0 Å². The number of piperidine rings is 1. The molecule has 6 rings (SSSR count). The third kappa shape index (κ3) is 5.10. The Morgan fingerprint density at radius 1 is 0.868 bits per heavy atom. The SMILES string of the molecule is [C-]#[N+]c1cnc(-c2ccc(CN3CCC(c4cc(-c5ccncc5)n[nH]4)CC3)cc2)c(-c2ccccc2)c1. The average molecular weight is 497 g/mol. The first kappa shape index (κ1) is 23.8. The van der Waals surface area contributed by atoms with E-state index in [4.69, 9.17) is 6.57 Å². The normalized spacial score (nSPS) is 14.3. The van der Waals surface area contributed by atoms with Crippen molar-refractivity contribution in [2.75, 3.05) is 13.1 Å². The Morgan fingerprint density at radius 2 is 1.63 bits per heavy atom. The molecule has 2 aromatic carbocycles. The number of aromatic amines is 1. The van der Waals surface area contributed by atoms with Gasteiger partial charge in [0.05, 0.1) is 18.0 Å². The first-order chi connectivity index (χ1) is 18.8. The van der Waals surface area contributed by atoms with Crippen molar-refractivity contribution in [2.45, 2.75) is 25.3 Å². The fraction of sp³-hybridized carbons (Fsp3) is 0.188. The van der Waals surface area contributed by atoms with Crippen LogP contribution in [-0.4, -0.2) is 38.2 Å². The van der Waals surface area contributed by atoms with E-state index in [2.05, 4.69) is 72.4 Å². The summed E-state index contributed by atoms with van der Waals surface area (Å²) in [4.78, 5) is 14.9. The van der Waals surface area contributed by atoms with Gasteiger partial charge in [-0.2, -0.15) is 5.10 Å². The van der Waals surface area contributed by atoms with E-state index >= 15 is 0 Å². The third-order valence-corrected chi connectivity index (χ3v) is 7.32. The van der Waals surface area contributed by atoms with Crippen LogP contribution in [0, 0.1) is 6.57 Å². The van der Waals surface area contributed by atoms with E-state index in [0.29, 0.717) is 11.6 Å². The molecule has 186 valence electrons. The zero-order valence-electron chi connectivity index (χ0n) is 21.1. The molecule has 1 fully saturated rings. The second-order valence-corrected chi connectivity index (χ2v) is 9.76. The second kappa shape index (κ2) is 10.8. The standard InChI is InChI=1S/C32H28N6/c1-33-28-19-29(24-5-3-2-4-6-24)32(35-21-28)27-9-7-23(8-10-27)22-38-17-13-26(14-18-38)31-20-30(36-37-31)25-11-15-34-16-12-25/h2-12,15-16,19-21,26H,13-14,17-18,22H2,(H,36,37). The Bertz CT molecular complexity index is 1540. The predicted octanol–water partition coefficient (Wildman–Crippen LogP) is 7.13. The van der Waals surface area contributed by atoms with Crippen molar-refractivity contribution in [1.29, 1.82) is 0 Å². The molecule has 0 spiro atoms. The molecule has 5 aromatic rings. The molecule has 0 bridgehead atoms. The second-order valence-electron chi connectivity index (χ2n) is 9.76. The molecule has 3 aromatic heterocycles. The number of hydrogen-bond donors (Lipinski definition) is 1. The van der Waals surface area contributed by atoms with Gasteiger partial charge < -0.3 is 0 Å². The number of likely N-dealkylation sites (tertiary alicyclic amines) is 1. The van der Waals surface area contributed by atoms with Gasteiger partial charge in [-0.15, -0.1) is 0 Å². The molecule has 1 aliphatic heterocycles. The molecule has 6 nitrogen and oxygen atoms in total. The van der Waals surface area contributed by atoms with E-state index in [-0.39, 0.29) is 0 Å². The molecule has 0 aliphatic carbocycles. The van der Waals surface area contributed by atoms with Crippen LogP contribution in [0.3, 0.4) is 0 Å². The number of rotatable bonds is 6. The molecule has 38 heavy (non-hydrogen) atoms. The summed E-state index contributed by atoms with van der Waals surface area (Å²) in [7, 11) is 0. The van der Waals surface area contributed by atoms with Crippen molar-refractivity contribution in [1.82, 2.24) is 25.1 Å². The fourth-order valence-electron chi connectivity index (χ4n) is 5.23. The lowest BCUT2D eigenvalue weighted by Crippen LogP contribution is -2.32. The number of H-pyrrole nitrogens is 1. The van der Waals surface area contributed by atoms with Gasteiger partial charge in [0.2, 0.25) is 5.69 Å². The van der Waals surface area contributed by atoms with Gasteiger partial charge in [0.25, 0.3) is 0 Å². The van der Waals surface area contributed by atoms with Gasteiger partial charge in [0.1, 0.15) is 0 Å². The number of pyridine rings is 2. The van der Waals surface area contributed by atoms with Crippen LogP contribution in [-0.2, 0) is 6.54 Å². The topological polar surface area (TPSA) is 62.1 Å². The quantitative estimate of drug-likeness (QED) is 0.254. The van der Waals surface area contributed by atoms with Crippen molar-refractivity contribution in [3.05, 3.63) is 120 Å². The lowest BCUT2D eigenvalue weighted by molar-refractivity contribution is 0.203.